The average Bonchev–Trinajstić information content (AvgIpc) is 3.45. The number of thiazole rings is 1. The molecule has 4 heterocycles. The van der Waals surface area contributed by atoms with E-state index >= 15 is 0 Å². The van der Waals surface area contributed by atoms with Gasteiger partial charge in [0.15, 0.2) is 0 Å². The fourth-order valence-electron chi connectivity index (χ4n) is 3.15. The van der Waals surface area contributed by atoms with Crippen LogP contribution in [-0.4, -0.2) is 29.7 Å². The standard InChI is InChI=1S/C21H13N3O2S4/c1-24(10-18(25)26)17-8-16-20(30-17)19-15(28-16)7-12(27-19)6-11(9-22)21-23-13-4-2-3-5-14(13)29-21/h2-8H,10H2,1H3,(H,25,26)/b11-6+. The van der Waals surface area contributed by atoms with Gasteiger partial charge in [0.25, 0.3) is 0 Å². The highest BCUT2D eigenvalue weighted by Crippen LogP contribution is 2.46. The molecule has 0 spiro atoms. The lowest BCUT2D eigenvalue weighted by atomic mass is 10.2. The number of likely N-dealkylation sites (N-methyl/N-ethyl adjacent to an activating group) is 1. The molecule has 0 aliphatic rings. The Kier molecular flexibility index (Phi) is 4.79. The van der Waals surface area contributed by atoms with E-state index in [1.54, 1.807) is 46.0 Å². The first-order chi connectivity index (χ1) is 14.5. The molecule has 1 N–H and O–H groups in total. The lowest BCUT2D eigenvalue weighted by molar-refractivity contribution is -0.135. The normalized spacial score (nSPS) is 12.1. The molecule has 9 heteroatoms. The number of carboxylic acid groups (broad SMARTS) is 1. The van der Waals surface area contributed by atoms with Crippen LogP contribution in [0.4, 0.5) is 5.00 Å². The predicted molar refractivity (Wildman–Crippen MR) is 129 cm³/mol. The first kappa shape index (κ1) is 19.2. The average molecular weight is 468 g/mol. The van der Waals surface area contributed by atoms with Crippen LogP contribution < -0.4 is 4.90 Å². The Morgan fingerprint density at radius 2 is 1.90 bits per heavy atom. The van der Waals surface area contributed by atoms with Gasteiger partial charge in [-0.1, -0.05) is 12.1 Å². The number of aliphatic carboxylic acids is 1. The first-order valence-electron chi connectivity index (χ1n) is 8.88. The molecule has 0 saturated carbocycles. The Bertz CT molecular complexity index is 1460. The molecule has 0 fully saturated rings. The summed E-state index contributed by atoms with van der Waals surface area (Å²) >= 11 is 6.48. The number of para-hydroxylation sites is 1. The zero-order valence-electron chi connectivity index (χ0n) is 15.6. The minimum atomic E-state index is -0.846. The van der Waals surface area contributed by atoms with Gasteiger partial charge >= 0.3 is 5.97 Å². The van der Waals surface area contributed by atoms with Gasteiger partial charge in [0.05, 0.1) is 30.2 Å². The van der Waals surface area contributed by atoms with Crippen molar-refractivity contribution in [2.24, 2.45) is 0 Å². The highest BCUT2D eigenvalue weighted by atomic mass is 32.1. The van der Waals surface area contributed by atoms with E-state index in [4.69, 9.17) is 5.11 Å². The van der Waals surface area contributed by atoms with E-state index in [0.717, 1.165) is 29.8 Å². The number of carboxylic acids is 1. The molecular weight excluding hydrogens is 455 g/mol. The molecule has 0 radical (unpaired) electrons. The van der Waals surface area contributed by atoms with Crippen LogP contribution in [0, 0.1) is 11.3 Å². The van der Waals surface area contributed by atoms with E-state index in [-0.39, 0.29) is 6.54 Å². The molecule has 5 rings (SSSR count). The highest BCUT2D eigenvalue weighted by Gasteiger charge is 2.16. The minimum absolute atomic E-state index is 0.0248. The fourth-order valence-corrected chi connectivity index (χ4v) is 8.02. The maximum atomic E-state index is 11.0. The van der Waals surface area contributed by atoms with Gasteiger partial charge in [-0.2, -0.15) is 5.26 Å². The Morgan fingerprint density at radius 1 is 1.13 bits per heavy atom. The molecule has 5 nitrogen and oxygen atoms in total. The van der Waals surface area contributed by atoms with Gasteiger partial charge in [-0.15, -0.1) is 45.3 Å². The monoisotopic (exact) mass is 467 g/mol. The smallest absolute Gasteiger partial charge is 0.323 e. The van der Waals surface area contributed by atoms with Gasteiger partial charge in [0.2, 0.25) is 0 Å². The lowest BCUT2D eigenvalue weighted by Gasteiger charge is -2.12. The number of thiophene rings is 3. The molecule has 1 aromatic carbocycles. The van der Waals surface area contributed by atoms with Crippen molar-refractivity contribution in [2.45, 2.75) is 0 Å². The van der Waals surface area contributed by atoms with Crippen LogP contribution in [0.3, 0.4) is 0 Å². The minimum Gasteiger partial charge on any atom is -0.480 e. The van der Waals surface area contributed by atoms with Crippen LogP contribution in [0.1, 0.15) is 9.88 Å². The maximum Gasteiger partial charge on any atom is 0.323 e. The van der Waals surface area contributed by atoms with Crippen molar-refractivity contribution >= 4 is 97.0 Å². The number of rotatable bonds is 5. The molecule has 0 aliphatic heterocycles. The van der Waals surface area contributed by atoms with Crippen molar-refractivity contribution in [3.8, 4) is 6.07 Å². The highest BCUT2D eigenvalue weighted by molar-refractivity contribution is 7.39. The van der Waals surface area contributed by atoms with Crippen molar-refractivity contribution < 1.29 is 9.90 Å². The van der Waals surface area contributed by atoms with Crippen LogP contribution in [0.5, 0.6) is 0 Å². The molecular formula is C21H13N3O2S4. The largest absolute Gasteiger partial charge is 0.480 e. The summed E-state index contributed by atoms with van der Waals surface area (Å²) in [6.45, 7) is -0.0248. The zero-order chi connectivity index (χ0) is 20.8. The lowest BCUT2D eigenvalue weighted by Crippen LogP contribution is -2.24. The van der Waals surface area contributed by atoms with Crippen molar-refractivity contribution in [1.82, 2.24) is 4.98 Å². The number of carbonyl (C=O) groups is 1. The summed E-state index contributed by atoms with van der Waals surface area (Å²) in [5.74, 6) is -0.846. The van der Waals surface area contributed by atoms with Gasteiger partial charge in [0.1, 0.15) is 17.6 Å². The van der Waals surface area contributed by atoms with Gasteiger partial charge in [0, 0.05) is 21.3 Å². The number of allylic oxidation sites excluding steroid dienone is 1. The Morgan fingerprint density at radius 3 is 2.67 bits per heavy atom. The number of benzene rings is 1. The summed E-state index contributed by atoms with van der Waals surface area (Å²) in [7, 11) is 1.79. The van der Waals surface area contributed by atoms with Crippen LogP contribution >= 0.6 is 45.3 Å². The molecule has 0 amide bonds. The molecule has 0 unspecified atom stereocenters. The van der Waals surface area contributed by atoms with Crippen molar-refractivity contribution in [1.29, 1.82) is 5.26 Å². The Hall–Kier alpha value is -2.77. The third-order valence-electron chi connectivity index (χ3n) is 4.51. The number of fused-ring (bicyclic) bond motifs is 4. The van der Waals surface area contributed by atoms with Crippen LogP contribution in [-0.2, 0) is 4.79 Å². The molecule has 5 aromatic rings. The molecule has 30 heavy (non-hydrogen) atoms. The van der Waals surface area contributed by atoms with Gasteiger partial charge < -0.3 is 10.0 Å². The molecule has 148 valence electrons. The summed E-state index contributed by atoms with van der Waals surface area (Å²) in [5, 5.41) is 20.4. The van der Waals surface area contributed by atoms with E-state index in [1.807, 2.05) is 30.3 Å². The number of hydrogen-bond acceptors (Lipinski definition) is 8. The summed E-state index contributed by atoms with van der Waals surface area (Å²) in [6, 6.07) is 14.4. The summed E-state index contributed by atoms with van der Waals surface area (Å²) in [4.78, 5) is 18.4. The molecule has 0 aliphatic carbocycles. The van der Waals surface area contributed by atoms with E-state index < -0.39 is 5.97 Å². The summed E-state index contributed by atoms with van der Waals surface area (Å²) < 4.78 is 5.77. The van der Waals surface area contributed by atoms with Gasteiger partial charge in [-0.25, -0.2) is 4.98 Å². The maximum absolute atomic E-state index is 11.0. The Labute approximate surface area is 187 Å². The van der Waals surface area contributed by atoms with Crippen molar-refractivity contribution in [3.05, 3.63) is 46.3 Å². The number of hydrogen-bond donors (Lipinski definition) is 1. The number of aromatic nitrogens is 1. The van der Waals surface area contributed by atoms with Crippen molar-refractivity contribution in [3.63, 3.8) is 0 Å². The predicted octanol–water partition coefficient (Wildman–Crippen LogP) is 6.37. The van der Waals surface area contributed by atoms with Gasteiger partial charge in [-0.3, -0.25) is 4.79 Å². The topological polar surface area (TPSA) is 77.2 Å². The van der Waals surface area contributed by atoms with E-state index in [9.17, 15) is 10.1 Å². The van der Waals surface area contributed by atoms with E-state index in [1.165, 1.54) is 25.4 Å². The SMILES string of the molecule is CN(CC(=O)O)c1cc2sc3cc(/C=C(\C#N)c4nc5ccccc5s4)sc3c2s1. The second-order valence-electron chi connectivity index (χ2n) is 6.63. The molecule has 0 bridgehead atoms. The summed E-state index contributed by atoms with van der Waals surface area (Å²) in [5.41, 5.74) is 1.47. The van der Waals surface area contributed by atoms with E-state index in [0.29, 0.717) is 5.57 Å². The summed E-state index contributed by atoms with van der Waals surface area (Å²) in [6.07, 6.45) is 1.91. The van der Waals surface area contributed by atoms with Crippen molar-refractivity contribution in [2.75, 3.05) is 18.5 Å². The number of nitrogens with zero attached hydrogens (tertiary/aromatic N) is 3. The van der Waals surface area contributed by atoms with E-state index in [2.05, 4.69) is 23.2 Å². The van der Waals surface area contributed by atoms with Crippen LogP contribution in [0.2, 0.25) is 0 Å². The molecule has 0 atom stereocenters. The fraction of sp³-hybridized carbons (Fsp3) is 0.0952. The quantitative estimate of drug-likeness (QED) is 0.304. The number of anilines is 1. The number of nitriles is 1. The van der Waals surface area contributed by atoms with Gasteiger partial charge in [-0.05, 0) is 30.3 Å². The van der Waals surface area contributed by atoms with Crippen LogP contribution in [0.25, 0.3) is 40.7 Å². The molecule has 0 saturated heterocycles. The second-order valence-corrected chi connectivity index (χ2v) is 10.9. The third-order valence-corrected chi connectivity index (χ3v) is 9.42. The Balaban J connectivity index is 1.52. The third kappa shape index (κ3) is 3.38. The second kappa shape index (κ2) is 7.49. The van der Waals surface area contributed by atoms with Crippen LogP contribution in [0.15, 0.2) is 36.4 Å². The molecule has 4 aromatic heterocycles. The first-order valence-corrected chi connectivity index (χ1v) is 12.1. The zero-order valence-corrected chi connectivity index (χ0v) is 18.8.